The number of carbonyl (C=O) groups is 2. The van der Waals surface area contributed by atoms with E-state index in [0.29, 0.717) is 0 Å². The Hall–Kier alpha value is -1.86. The van der Waals surface area contributed by atoms with Crippen LogP contribution in [0.4, 0.5) is 0 Å². The van der Waals surface area contributed by atoms with Crippen molar-refractivity contribution >= 4 is 11.8 Å². The Morgan fingerprint density at radius 2 is 2.23 bits per heavy atom. The largest absolute Gasteiger partial charge is 0.472 e. The molecule has 2 heterocycles. The highest BCUT2D eigenvalue weighted by Gasteiger charge is 2.47. The lowest BCUT2D eigenvalue weighted by molar-refractivity contribution is -0.128. The van der Waals surface area contributed by atoms with Gasteiger partial charge in [0.25, 0.3) is 5.91 Å². The fraction of sp³-hybridized carbons (Fsp3) is 0.600. The van der Waals surface area contributed by atoms with Gasteiger partial charge in [0, 0.05) is 6.04 Å². The second-order valence-electron chi connectivity index (χ2n) is 5.67. The second-order valence-corrected chi connectivity index (χ2v) is 5.67. The van der Waals surface area contributed by atoms with E-state index in [1.165, 1.54) is 23.5 Å². The number of likely N-dealkylation sites (tertiary alicyclic amines) is 1. The predicted molar refractivity (Wildman–Crippen MR) is 78.1 cm³/mol. The first-order valence-corrected chi connectivity index (χ1v) is 7.45. The summed E-state index contributed by atoms with van der Waals surface area (Å²) in [7, 11) is 0. The normalized spacial score (nSPS) is 26.0. The Balaban J connectivity index is 2.14. The maximum Gasteiger partial charge on any atom is 0.257 e. The molecule has 7 heteroatoms. The van der Waals surface area contributed by atoms with Gasteiger partial charge in [0.05, 0.1) is 18.4 Å². The van der Waals surface area contributed by atoms with Crippen molar-refractivity contribution in [1.82, 2.24) is 10.2 Å². The molecule has 1 unspecified atom stereocenters. The zero-order valence-corrected chi connectivity index (χ0v) is 12.7. The SMILES string of the molecule is CCCC(C)NC(=O)[C@@H]1[C@@H](O)[C@@H](O)CN1C(=O)c1ccoc1. The summed E-state index contributed by atoms with van der Waals surface area (Å²) in [4.78, 5) is 25.9. The number of aliphatic hydroxyl groups excluding tert-OH is 2. The standard InChI is InChI=1S/C15H22N2O5/c1-3-4-9(2)16-14(20)12-13(19)11(18)7-17(12)15(21)10-5-6-22-8-10/h5-6,8-9,11-13,18-19H,3-4,7H2,1-2H3,(H,16,20)/t9?,11-,12-,13-/m0/s1. The first kappa shape index (κ1) is 16.5. The van der Waals surface area contributed by atoms with E-state index in [0.717, 1.165) is 12.8 Å². The van der Waals surface area contributed by atoms with Crippen LogP contribution in [0.2, 0.25) is 0 Å². The molecule has 1 aliphatic heterocycles. The molecule has 2 rings (SSSR count). The van der Waals surface area contributed by atoms with Gasteiger partial charge in [-0.1, -0.05) is 13.3 Å². The second kappa shape index (κ2) is 6.93. The number of rotatable bonds is 5. The summed E-state index contributed by atoms with van der Waals surface area (Å²) in [5.74, 6) is -0.908. The van der Waals surface area contributed by atoms with E-state index in [4.69, 9.17) is 4.42 Å². The predicted octanol–water partition coefficient (Wildman–Crippen LogP) is 0.131. The van der Waals surface area contributed by atoms with Crippen molar-refractivity contribution in [1.29, 1.82) is 0 Å². The molecular weight excluding hydrogens is 288 g/mol. The number of β-amino-alcohol motifs (C(OH)–C–C–N with tert-alkyl or cyclic N) is 1. The van der Waals surface area contributed by atoms with E-state index in [2.05, 4.69) is 5.32 Å². The molecule has 0 radical (unpaired) electrons. The Morgan fingerprint density at radius 1 is 1.50 bits per heavy atom. The summed E-state index contributed by atoms with van der Waals surface area (Å²) in [5.41, 5.74) is 0.278. The van der Waals surface area contributed by atoms with Gasteiger partial charge in [-0.3, -0.25) is 9.59 Å². The summed E-state index contributed by atoms with van der Waals surface area (Å²) in [5, 5.41) is 22.7. The summed E-state index contributed by atoms with van der Waals surface area (Å²) in [6, 6.07) is 0.318. The van der Waals surface area contributed by atoms with E-state index in [1.807, 2.05) is 13.8 Å². The smallest absolute Gasteiger partial charge is 0.257 e. The molecule has 4 atom stereocenters. The quantitative estimate of drug-likeness (QED) is 0.717. The van der Waals surface area contributed by atoms with E-state index >= 15 is 0 Å². The number of amides is 2. The van der Waals surface area contributed by atoms with Gasteiger partial charge in [0.1, 0.15) is 24.5 Å². The van der Waals surface area contributed by atoms with Gasteiger partial charge in [-0.05, 0) is 19.4 Å². The van der Waals surface area contributed by atoms with Crippen LogP contribution in [0, 0.1) is 0 Å². The van der Waals surface area contributed by atoms with Crippen LogP contribution in [0.5, 0.6) is 0 Å². The summed E-state index contributed by atoms with van der Waals surface area (Å²) in [6.07, 6.45) is 1.89. The molecular formula is C15H22N2O5. The van der Waals surface area contributed by atoms with E-state index in [1.54, 1.807) is 0 Å². The van der Waals surface area contributed by atoms with E-state index in [9.17, 15) is 19.8 Å². The number of carbonyl (C=O) groups excluding carboxylic acids is 2. The van der Waals surface area contributed by atoms with Crippen molar-refractivity contribution < 1.29 is 24.2 Å². The molecule has 1 aliphatic rings. The summed E-state index contributed by atoms with van der Waals surface area (Å²) >= 11 is 0. The van der Waals surface area contributed by atoms with Crippen LogP contribution in [0.15, 0.2) is 23.0 Å². The number of nitrogens with zero attached hydrogens (tertiary/aromatic N) is 1. The molecule has 0 aromatic carbocycles. The van der Waals surface area contributed by atoms with Gasteiger partial charge in [-0.15, -0.1) is 0 Å². The number of nitrogens with one attached hydrogen (secondary N) is 1. The van der Waals surface area contributed by atoms with Crippen LogP contribution in [0.25, 0.3) is 0 Å². The third kappa shape index (κ3) is 3.31. The van der Waals surface area contributed by atoms with Crippen molar-refractivity contribution in [2.75, 3.05) is 6.54 Å². The lowest BCUT2D eigenvalue weighted by Gasteiger charge is -2.26. The minimum absolute atomic E-state index is 0.0617. The molecule has 7 nitrogen and oxygen atoms in total. The van der Waals surface area contributed by atoms with E-state index in [-0.39, 0.29) is 18.2 Å². The lowest BCUT2D eigenvalue weighted by Crippen LogP contribution is -2.52. The van der Waals surface area contributed by atoms with Crippen LogP contribution in [0.1, 0.15) is 37.0 Å². The number of aliphatic hydroxyl groups is 2. The van der Waals surface area contributed by atoms with Gasteiger partial charge >= 0.3 is 0 Å². The fourth-order valence-electron chi connectivity index (χ4n) is 2.71. The van der Waals surface area contributed by atoms with Crippen molar-refractivity contribution in [3.05, 3.63) is 24.2 Å². The van der Waals surface area contributed by atoms with Crippen LogP contribution in [0.3, 0.4) is 0 Å². The molecule has 1 saturated heterocycles. The van der Waals surface area contributed by atoms with Gasteiger partial charge in [-0.2, -0.15) is 0 Å². The minimum atomic E-state index is -1.30. The van der Waals surface area contributed by atoms with Crippen molar-refractivity contribution in [2.24, 2.45) is 0 Å². The Labute approximate surface area is 128 Å². The van der Waals surface area contributed by atoms with Crippen LogP contribution in [-0.4, -0.2) is 57.8 Å². The van der Waals surface area contributed by atoms with Crippen LogP contribution in [-0.2, 0) is 4.79 Å². The average Bonchev–Trinajstić information content (AvgIpc) is 3.08. The highest BCUT2D eigenvalue weighted by molar-refractivity contribution is 5.98. The first-order valence-electron chi connectivity index (χ1n) is 7.45. The molecule has 0 spiro atoms. The summed E-state index contributed by atoms with van der Waals surface area (Å²) < 4.78 is 4.87. The van der Waals surface area contributed by atoms with Gasteiger partial charge < -0.3 is 24.8 Å². The van der Waals surface area contributed by atoms with Crippen molar-refractivity contribution in [2.45, 2.75) is 51.0 Å². The Bertz CT molecular complexity index is 516. The van der Waals surface area contributed by atoms with Gasteiger partial charge in [0.15, 0.2) is 0 Å². The van der Waals surface area contributed by atoms with Crippen molar-refractivity contribution in [3.63, 3.8) is 0 Å². The molecule has 122 valence electrons. The van der Waals surface area contributed by atoms with Gasteiger partial charge in [0.2, 0.25) is 5.91 Å². The summed E-state index contributed by atoms with van der Waals surface area (Å²) in [6.45, 7) is 3.78. The van der Waals surface area contributed by atoms with Crippen LogP contribution < -0.4 is 5.32 Å². The molecule has 22 heavy (non-hydrogen) atoms. The minimum Gasteiger partial charge on any atom is -0.472 e. The first-order chi connectivity index (χ1) is 10.5. The third-order valence-corrected chi connectivity index (χ3v) is 3.85. The number of hydrogen-bond acceptors (Lipinski definition) is 5. The molecule has 0 bridgehead atoms. The molecule has 1 fully saturated rings. The van der Waals surface area contributed by atoms with Gasteiger partial charge in [-0.25, -0.2) is 0 Å². The fourth-order valence-corrected chi connectivity index (χ4v) is 2.71. The molecule has 1 aromatic rings. The highest BCUT2D eigenvalue weighted by Crippen LogP contribution is 2.22. The Morgan fingerprint density at radius 3 is 2.82 bits per heavy atom. The lowest BCUT2D eigenvalue weighted by atomic mass is 10.1. The number of hydrogen-bond donors (Lipinski definition) is 3. The topological polar surface area (TPSA) is 103 Å². The molecule has 1 aromatic heterocycles. The molecule has 3 N–H and O–H groups in total. The molecule has 0 aliphatic carbocycles. The van der Waals surface area contributed by atoms with E-state index < -0.39 is 30.1 Å². The molecule has 2 amide bonds. The Kier molecular flexibility index (Phi) is 5.20. The zero-order chi connectivity index (χ0) is 16.3. The van der Waals surface area contributed by atoms with Crippen molar-refractivity contribution in [3.8, 4) is 0 Å². The maximum absolute atomic E-state index is 12.4. The number of furan rings is 1. The zero-order valence-electron chi connectivity index (χ0n) is 12.7. The monoisotopic (exact) mass is 310 g/mol. The highest BCUT2D eigenvalue weighted by atomic mass is 16.3. The van der Waals surface area contributed by atoms with Crippen LogP contribution >= 0.6 is 0 Å². The average molecular weight is 310 g/mol. The molecule has 0 saturated carbocycles. The third-order valence-electron chi connectivity index (χ3n) is 3.85. The maximum atomic E-state index is 12.4.